The summed E-state index contributed by atoms with van der Waals surface area (Å²) in [5.74, 6) is 0.321. The van der Waals surface area contributed by atoms with Crippen molar-refractivity contribution in [3.63, 3.8) is 0 Å². The number of benzene rings is 2. The number of nitrogen functional groups attached to an aromatic ring is 1. The van der Waals surface area contributed by atoms with Crippen molar-refractivity contribution in [1.29, 1.82) is 0 Å². The number of nitrogens with one attached hydrogen (secondary N) is 2. The second kappa shape index (κ2) is 5.38. The molecule has 0 aliphatic carbocycles. The molecular weight excluding hydrogens is 356 g/mol. The number of hydrogen-bond acceptors (Lipinski definition) is 4. The first-order chi connectivity index (χ1) is 10.0. The quantitative estimate of drug-likeness (QED) is 0.605. The zero-order valence-corrected chi connectivity index (χ0v) is 13.0. The second-order valence-electron chi connectivity index (χ2n) is 4.44. The lowest BCUT2D eigenvalue weighted by Crippen LogP contribution is -2.11. The van der Waals surface area contributed by atoms with Gasteiger partial charge in [-0.3, -0.25) is 9.78 Å². The van der Waals surface area contributed by atoms with Crippen LogP contribution in [0.2, 0.25) is 5.02 Å². The Labute approximate surface area is 133 Å². The number of H-pyrrole nitrogens is 1. The maximum absolute atomic E-state index is 12.0. The molecule has 0 aliphatic heterocycles. The molecule has 4 N–H and O–H groups in total. The average Bonchev–Trinajstić information content (AvgIpc) is 2.43. The van der Waals surface area contributed by atoms with Crippen molar-refractivity contribution >= 4 is 55.8 Å². The van der Waals surface area contributed by atoms with Gasteiger partial charge in [0.1, 0.15) is 0 Å². The van der Waals surface area contributed by atoms with E-state index >= 15 is 0 Å². The van der Waals surface area contributed by atoms with Gasteiger partial charge < -0.3 is 11.1 Å². The molecule has 21 heavy (non-hydrogen) atoms. The van der Waals surface area contributed by atoms with Crippen molar-refractivity contribution < 1.29 is 0 Å². The highest BCUT2D eigenvalue weighted by atomic mass is 79.9. The van der Waals surface area contributed by atoms with Crippen LogP contribution in [0.25, 0.3) is 10.9 Å². The van der Waals surface area contributed by atoms with E-state index in [0.717, 1.165) is 4.47 Å². The predicted molar refractivity (Wildman–Crippen MR) is 89.2 cm³/mol. The molecule has 0 spiro atoms. The molecule has 0 bridgehead atoms. The summed E-state index contributed by atoms with van der Waals surface area (Å²) in [5.41, 5.74) is 7.14. The standard InChI is InChI=1S/C14H10BrClN4O/c15-7-1-3-12(10(16)5-7)19-14-18-11-4-2-8(17)6-9(11)13(21)20-14/h1-6H,17H2,(H2,18,19,20,21). The van der Waals surface area contributed by atoms with E-state index < -0.39 is 0 Å². The number of rotatable bonds is 2. The predicted octanol–water partition coefficient (Wildman–Crippen LogP) is 3.66. The third-order valence-corrected chi connectivity index (χ3v) is 3.72. The minimum absolute atomic E-state index is 0.261. The molecule has 0 atom stereocenters. The van der Waals surface area contributed by atoms with Gasteiger partial charge in [0.2, 0.25) is 5.95 Å². The second-order valence-corrected chi connectivity index (χ2v) is 5.76. The summed E-state index contributed by atoms with van der Waals surface area (Å²) in [7, 11) is 0. The van der Waals surface area contributed by atoms with Crippen LogP contribution in [0.15, 0.2) is 45.7 Å². The monoisotopic (exact) mass is 364 g/mol. The number of halogens is 2. The van der Waals surface area contributed by atoms with Gasteiger partial charge in [0, 0.05) is 10.2 Å². The molecule has 7 heteroatoms. The van der Waals surface area contributed by atoms with Crippen LogP contribution in [0.1, 0.15) is 0 Å². The average molecular weight is 366 g/mol. The van der Waals surface area contributed by atoms with Crippen molar-refractivity contribution in [2.75, 3.05) is 11.1 Å². The first-order valence-electron chi connectivity index (χ1n) is 6.04. The van der Waals surface area contributed by atoms with Crippen LogP contribution in [-0.2, 0) is 0 Å². The van der Waals surface area contributed by atoms with Gasteiger partial charge in [-0.1, -0.05) is 27.5 Å². The number of nitrogens with two attached hydrogens (primary N) is 1. The number of aromatic nitrogens is 2. The maximum Gasteiger partial charge on any atom is 0.260 e. The van der Waals surface area contributed by atoms with Crippen LogP contribution in [0, 0.1) is 0 Å². The fourth-order valence-electron chi connectivity index (χ4n) is 1.93. The maximum atomic E-state index is 12.0. The highest BCUT2D eigenvalue weighted by molar-refractivity contribution is 9.10. The summed E-state index contributed by atoms with van der Waals surface area (Å²) in [5, 5.41) is 3.96. The zero-order chi connectivity index (χ0) is 15.0. The number of aromatic amines is 1. The fraction of sp³-hybridized carbons (Fsp3) is 0. The fourth-order valence-corrected chi connectivity index (χ4v) is 2.65. The normalized spacial score (nSPS) is 10.8. The molecule has 0 radical (unpaired) electrons. The van der Waals surface area contributed by atoms with Crippen molar-refractivity contribution in [2.45, 2.75) is 0 Å². The molecule has 1 aromatic heterocycles. The molecule has 5 nitrogen and oxygen atoms in total. The molecule has 0 unspecified atom stereocenters. The molecule has 0 fully saturated rings. The Balaban J connectivity index is 2.05. The summed E-state index contributed by atoms with van der Waals surface area (Å²) >= 11 is 9.46. The van der Waals surface area contributed by atoms with Gasteiger partial charge >= 0.3 is 0 Å². The molecule has 106 valence electrons. The molecule has 0 saturated heterocycles. The van der Waals surface area contributed by atoms with Crippen molar-refractivity contribution in [2.24, 2.45) is 0 Å². The third kappa shape index (κ3) is 2.86. The van der Waals surface area contributed by atoms with Gasteiger partial charge in [0.05, 0.1) is 21.6 Å². The van der Waals surface area contributed by atoms with E-state index in [0.29, 0.717) is 33.2 Å². The Morgan fingerprint density at radius 1 is 1.24 bits per heavy atom. The van der Waals surface area contributed by atoms with Gasteiger partial charge in [-0.2, -0.15) is 0 Å². The van der Waals surface area contributed by atoms with Crippen LogP contribution in [-0.4, -0.2) is 9.97 Å². The number of hydrogen-bond donors (Lipinski definition) is 3. The Morgan fingerprint density at radius 2 is 2.05 bits per heavy atom. The van der Waals surface area contributed by atoms with E-state index in [1.165, 1.54) is 0 Å². The lowest BCUT2D eigenvalue weighted by molar-refractivity contribution is 1.17. The first kappa shape index (κ1) is 13.9. The van der Waals surface area contributed by atoms with Crippen LogP contribution < -0.4 is 16.6 Å². The Hall–Kier alpha value is -2.05. The Kier molecular flexibility index (Phi) is 3.57. The zero-order valence-electron chi connectivity index (χ0n) is 10.7. The topological polar surface area (TPSA) is 83.8 Å². The summed E-state index contributed by atoms with van der Waals surface area (Å²) in [4.78, 5) is 19.1. The summed E-state index contributed by atoms with van der Waals surface area (Å²) in [6.07, 6.45) is 0. The van der Waals surface area contributed by atoms with Gasteiger partial charge in [-0.25, -0.2) is 4.98 Å². The number of fused-ring (bicyclic) bond motifs is 1. The van der Waals surface area contributed by atoms with Gasteiger partial charge in [0.15, 0.2) is 0 Å². The largest absolute Gasteiger partial charge is 0.399 e. The molecule has 0 aliphatic rings. The van der Waals surface area contributed by atoms with Crippen LogP contribution in [0.3, 0.4) is 0 Å². The molecule has 2 aromatic carbocycles. The van der Waals surface area contributed by atoms with E-state index in [1.807, 2.05) is 6.07 Å². The lowest BCUT2D eigenvalue weighted by Gasteiger charge is -2.08. The van der Waals surface area contributed by atoms with Crippen LogP contribution in [0.4, 0.5) is 17.3 Å². The summed E-state index contributed by atoms with van der Waals surface area (Å²) in [6, 6.07) is 10.4. The first-order valence-corrected chi connectivity index (χ1v) is 7.22. The molecule has 0 amide bonds. The Morgan fingerprint density at radius 3 is 2.81 bits per heavy atom. The number of anilines is 3. The van der Waals surface area contributed by atoms with Crippen LogP contribution in [0.5, 0.6) is 0 Å². The molecular formula is C14H10BrClN4O. The van der Waals surface area contributed by atoms with E-state index in [4.69, 9.17) is 17.3 Å². The molecule has 3 rings (SSSR count). The van der Waals surface area contributed by atoms with Gasteiger partial charge in [-0.05, 0) is 36.4 Å². The minimum atomic E-state index is -0.261. The molecule has 3 aromatic rings. The van der Waals surface area contributed by atoms with Crippen molar-refractivity contribution in [3.05, 3.63) is 56.2 Å². The van der Waals surface area contributed by atoms with E-state index in [1.54, 1.807) is 30.3 Å². The van der Waals surface area contributed by atoms with E-state index in [2.05, 4.69) is 31.2 Å². The minimum Gasteiger partial charge on any atom is -0.399 e. The molecule has 1 heterocycles. The highest BCUT2D eigenvalue weighted by Crippen LogP contribution is 2.27. The molecule has 0 saturated carbocycles. The highest BCUT2D eigenvalue weighted by Gasteiger charge is 2.07. The third-order valence-electron chi connectivity index (χ3n) is 2.91. The lowest BCUT2D eigenvalue weighted by atomic mass is 10.2. The van der Waals surface area contributed by atoms with Gasteiger partial charge in [0.25, 0.3) is 5.56 Å². The van der Waals surface area contributed by atoms with Crippen molar-refractivity contribution in [3.8, 4) is 0 Å². The summed E-state index contributed by atoms with van der Waals surface area (Å²) in [6.45, 7) is 0. The Bertz CT molecular complexity index is 894. The smallest absolute Gasteiger partial charge is 0.260 e. The van der Waals surface area contributed by atoms with E-state index in [9.17, 15) is 4.79 Å². The number of nitrogens with zero attached hydrogens (tertiary/aromatic N) is 1. The SMILES string of the molecule is Nc1ccc2nc(Nc3ccc(Br)cc3Cl)[nH]c(=O)c2c1. The van der Waals surface area contributed by atoms with E-state index in [-0.39, 0.29) is 5.56 Å². The van der Waals surface area contributed by atoms with Crippen molar-refractivity contribution in [1.82, 2.24) is 9.97 Å². The van der Waals surface area contributed by atoms with Crippen LogP contribution >= 0.6 is 27.5 Å². The summed E-state index contributed by atoms with van der Waals surface area (Å²) < 4.78 is 0.869. The van der Waals surface area contributed by atoms with Gasteiger partial charge in [-0.15, -0.1) is 0 Å².